The number of rotatable bonds is 3. The molecule has 0 spiro atoms. The summed E-state index contributed by atoms with van der Waals surface area (Å²) in [6.07, 6.45) is -0.584. The van der Waals surface area contributed by atoms with E-state index < -0.39 is 6.10 Å². The van der Waals surface area contributed by atoms with Crippen LogP contribution >= 0.6 is 0 Å². The van der Waals surface area contributed by atoms with Crippen LogP contribution in [0.5, 0.6) is 5.75 Å². The van der Waals surface area contributed by atoms with E-state index in [4.69, 9.17) is 10.5 Å². The van der Waals surface area contributed by atoms with Gasteiger partial charge in [0.1, 0.15) is 5.75 Å². The Hall–Kier alpha value is -1.06. The molecule has 1 unspecified atom stereocenters. The largest absolute Gasteiger partial charge is 0.496 e. The number of hydrogen-bond acceptors (Lipinski definition) is 3. The number of aliphatic hydroxyl groups is 1. The second-order valence-electron chi connectivity index (χ2n) is 3.43. The minimum absolute atomic E-state index is 0.243. The van der Waals surface area contributed by atoms with Crippen LogP contribution in [0.3, 0.4) is 0 Å². The molecule has 0 fully saturated rings. The molecule has 0 aromatic heterocycles. The number of nitrogens with two attached hydrogens (primary N) is 1. The van der Waals surface area contributed by atoms with Crippen molar-refractivity contribution in [1.82, 2.24) is 0 Å². The third-order valence-electron chi connectivity index (χ3n) is 2.37. The van der Waals surface area contributed by atoms with Gasteiger partial charge in [0.25, 0.3) is 0 Å². The molecule has 0 bridgehead atoms. The van der Waals surface area contributed by atoms with Gasteiger partial charge < -0.3 is 15.6 Å². The van der Waals surface area contributed by atoms with E-state index in [1.807, 2.05) is 26.0 Å². The van der Waals surface area contributed by atoms with Crippen molar-refractivity contribution < 1.29 is 9.84 Å². The normalized spacial score (nSPS) is 12.6. The molecule has 0 heterocycles. The van der Waals surface area contributed by atoms with Gasteiger partial charge in [-0.25, -0.2) is 0 Å². The smallest absolute Gasteiger partial charge is 0.122 e. The molecule has 3 heteroatoms. The molecule has 0 amide bonds. The van der Waals surface area contributed by atoms with Gasteiger partial charge in [0.05, 0.1) is 13.2 Å². The molecule has 0 aliphatic heterocycles. The Morgan fingerprint density at radius 3 is 2.50 bits per heavy atom. The highest BCUT2D eigenvalue weighted by Gasteiger charge is 2.11. The molecule has 0 saturated heterocycles. The summed E-state index contributed by atoms with van der Waals surface area (Å²) in [6, 6.07) is 3.84. The summed E-state index contributed by atoms with van der Waals surface area (Å²) < 4.78 is 5.18. The SMILES string of the molecule is COc1cc(C)c(C(O)CN)cc1C. The maximum Gasteiger partial charge on any atom is 0.122 e. The fraction of sp³-hybridized carbons (Fsp3) is 0.455. The van der Waals surface area contributed by atoms with Gasteiger partial charge in [-0.1, -0.05) is 0 Å². The van der Waals surface area contributed by atoms with Gasteiger partial charge in [0.2, 0.25) is 0 Å². The van der Waals surface area contributed by atoms with Crippen LogP contribution in [-0.2, 0) is 0 Å². The van der Waals surface area contributed by atoms with E-state index in [0.29, 0.717) is 0 Å². The van der Waals surface area contributed by atoms with E-state index in [1.165, 1.54) is 0 Å². The molecule has 0 saturated carbocycles. The maximum atomic E-state index is 9.63. The van der Waals surface area contributed by atoms with E-state index in [1.54, 1.807) is 7.11 Å². The first-order chi connectivity index (χ1) is 6.60. The molecule has 1 rings (SSSR count). The van der Waals surface area contributed by atoms with Gasteiger partial charge in [-0.3, -0.25) is 0 Å². The molecule has 1 aromatic rings. The second kappa shape index (κ2) is 4.44. The zero-order valence-electron chi connectivity index (χ0n) is 8.87. The molecule has 0 aliphatic carbocycles. The number of aryl methyl sites for hydroxylation is 2. The molecule has 14 heavy (non-hydrogen) atoms. The number of benzene rings is 1. The Morgan fingerprint density at radius 2 is 2.00 bits per heavy atom. The van der Waals surface area contributed by atoms with Crippen LogP contribution in [0.4, 0.5) is 0 Å². The van der Waals surface area contributed by atoms with Crippen molar-refractivity contribution in [3.05, 3.63) is 28.8 Å². The number of methoxy groups -OCH3 is 1. The van der Waals surface area contributed by atoms with Crippen LogP contribution < -0.4 is 10.5 Å². The number of ether oxygens (including phenoxy) is 1. The summed E-state index contributed by atoms with van der Waals surface area (Å²) >= 11 is 0. The van der Waals surface area contributed by atoms with Crippen LogP contribution in [-0.4, -0.2) is 18.8 Å². The Kier molecular flexibility index (Phi) is 3.49. The third kappa shape index (κ3) is 2.05. The van der Waals surface area contributed by atoms with Crippen LogP contribution in [0.15, 0.2) is 12.1 Å². The third-order valence-corrected chi connectivity index (χ3v) is 2.37. The quantitative estimate of drug-likeness (QED) is 0.764. The van der Waals surface area contributed by atoms with E-state index in [0.717, 1.165) is 22.4 Å². The molecular formula is C11H17NO2. The lowest BCUT2D eigenvalue weighted by Crippen LogP contribution is -2.13. The Balaban J connectivity index is 3.14. The highest BCUT2D eigenvalue weighted by molar-refractivity contribution is 5.42. The van der Waals surface area contributed by atoms with E-state index in [2.05, 4.69) is 0 Å². The van der Waals surface area contributed by atoms with Crippen molar-refractivity contribution in [2.75, 3.05) is 13.7 Å². The summed E-state index contributed by atoms with van der Waals surface area (Å²) in [5, 5.41) is 9.63. The van der Waals surface area contributed by atoms with Gasteiger partial charge in [0, 0.05) is 6.54 Å². The molecule has 78 valence electrons. The Morgan fingerprint density at radius 1 is 1.36 bits per heavy atom. The van der Waals surface area contributed by atoms with Crippen LogP contribution in [0.1, 0.15) is 22.8 Å². The molecule has 0 radical (unpaired) electrons. The van der Waals surface area contributed by atoms with Gasteiger partial charge >= 0.3 is 0 Å². The van der Waals surface area contributed by atoms with Crippen molar-refractivity contribution in [1.29, 1.82) is 0 Å². The van der Waals surface area contributed by atoms with Crippen LogP contribution in [0.25, 0.3) is 0 Å². The first-order valence-corrected chi connectivity index (χ1v) is 4.63. The second-order valence-corrected chi connectivity index (χ2v) is 3.43. The minimum Gasteiger partial charge on any atom is -0.496 e. The summed E-state index contributed by atoms with van der Waals surface area (Å²) in [5.41, 5.74) is 8.31. The van der Waals surface area contributed by atoms with Crippen molar-refractivity contribution in [2.45, 2.75) is 20.0 Å². The highest BCUT2D eigenvalue weighted by atomic mass is 16.5. The Bertz CT molecular complexity index is 323. The van der Waals surface area contributed by atoms with Gasteiger partial charge in [-0.2, -0.15) is 0 Å². The molecule has 0 aliphatic rings. The lowest BCUT2D eigenvalue weighted by Gasteiger charge is -2.14. The standard InChI is InChI=1S/C11H17NO2/c1-7-5-11(14-3)8(2)4-9(7)10(13)6-12/h4-5,10,13H,6,12H2,1-3H3. The predicted octanol–water partition coefficient (Wildman–Crippen LogP) is 1.30. The summed E-state index contributed by atoms with van der Waals surface area (Å²) in [7, 11) is 1.64. The van der Waals surface area contributed by atoms with Gasteiger partial charge in [-0.15, -0.1) is 0 Å². The molecule has 1 aromatic carbocycles. The molecule has 3 N–H and O–H groups in total. The van der Waals surface area contributed by atoms with Crippen molar-refractivity contribution in [3.8, 4) is 5.75 Å². The lowest BCUT2D eigenvalue weighted by atomic mass is 10.00. The first kappa shape index (κ1) is 11.0. The lowest BCUT2D eigenvalue weighted by molar-refractivity contribution is 0.186. The Labute approximate surface area is 84.5 Å². The van der Waals surface area contributed by atoms with Crippen LogP contribution in [0.2, 0.25) is 0 Å². The summed E-state index contributed by atoms with van der Waals surface area (Å²) in [6.45, 7) is 4.13. The zero-order valence-corrected chi connectivity index (χ0v) is 8.87. The first-order valence-electron chi connectivity index (χ1n) is 4.63. The fourth-order valence-corrected chi connectivity index (χ4v) is 1.52. The van der Waals surface area contributed by atoms with Crippen molar-refractivity contribution in [3.63, 3.8) is 0 Å². The van der Waals surface area contributed by atoms with E-state index in [9.17, 15) is 5.11 Å². The molecule has 1 atom stereocenters. The zero-order chi connectivity index (χ0) is 10.7. The predicted molar refractivity (Wildman–Crippen MR) is 56.5 cm³/mol. The van der Waals surface area contributed by atoms with Gasteiger partial charge in [-0.05, 0) is 42.7 Å². The molecular weight excluding hydrogens is 178 g/mol. The topological polar surface area (TPSA) is 55.5 Å². The maximum absolute atomic E-state index is 9.63. The monoisotopic (exact) mass is 195 g/mol. The average Bonchev–Trinajstić information content (AvgIpc) is 2.19. The van der Waals surface area contributed by atoms with Crippen molar-refractivity contribution >= 4 is 0 Å². The molecule has 3 nitrogen and oxygen atoms in total. The number of aliphatic hydroxyl groups excluding tert-OH is 1. The summed E-state index contributed by atoms with van der Waals surface area (Å²) in [5.74, 6) is 0.843. The minimum atomic E-state index is -0.584. The average molecular weight is 195 g/mol. The van der Waals surface area contributed by atoms with E-state index >= 15 is 0 Å². The van der Waals surface area contributed by atoms with E-state index in [-0.39, 0.29) is 6.54 Å². The number of hydrogen-bond donors (Lipinski definition) is 2. The highest BCUT2D eigenvalue weighted by Crippen LogP contribution is 2.25. The van der Waals surface area contributed by atoms with Gasteiger partial charge in [0.15, 0.2) is 0 Å². The summed E-state index contributed by atoms with van der Waals surface area (Å²) in [4.78, 5) is 0. The fourth-order valence-electron chi connectivity index (χ4n) is 1.52. The van der Waals surface area contributed by atoms with Crippen molar-refractivity contribution in [2.24, 2.45) is 5.73 Å². The van der Waals surface area contributed by atoms with Crippen LogP contribution in [0, 0.1) is 13.8 Å².